The molecule has 2 aromatic rings. The van der Waals surface area contributed by atoms with Crippen LogP contribution >= 0.6 is 0 Å². The Bertz CT molecular complexity index is 880. The number of benzene rings is 2. The van der Waals surface area contributed by atoms with Crippen LogP contribution in [-0.2, 0) is 14.3 Å². The Kier molecular flexibility index (Phi) is 6.01. The van der Waals surface area contributed by atoms with E-state index in [0.29, 0.717) is 18.5 Å². The first-order chi connectivity index (χ1) is 13.5. The maximum absolute atomic E-state index is 12.0. The molecule has 0 radical (unpaired) electrons. The highest BCUT2D eigenvalue weighted by Gasteiger charge is 2.21. The summed E-state index contributed by atoms with van der Waals surface area (Å²) in [5.41, 5.74) is 5.79. The highest BCUT2D eigenvalue weighted by molar-refractivity contribution is 5.97. The monoisotopic (exact) mass is 381 g/mol. The molecule has 0 bridgehead atoms. The molecule has 1 heterocycles. The minimum Gasteiger partial charge on any atom is -0.452 e. The molecular formula is C20H19N3O5. The van der Waals surface area contributed by atoms with Crippen LogP contribution < -0.4 is 15.8 Å². The van der Waals surface area contributed by atoms with E-state index in [4.69, 9.17) is 4.74 Å². The van der Waals surface area contributed by atoms with Crippen LogP contribution in [0.2, 0.25) is 0 Å². The van der Waals surface area contributed by atoms with Gasteiger partial charge in [0.15, 0.2) is 6.61 Å². The van der Waals surface area contributed by atoms with Gasteiger partial charge in [0.05, 0.1) is 5.56 Å². The largest absolute Gasteiger partial charge is 0.452 e. The summed E-state index contributed by atoms with van der Waals surface area (Å²) < 4.78 is 4.93. The molecule has 0 aromatic heterocycles. The molecule has 1 aliphatic heterocycles. The molecule has 0 aliphatic carbocycles. The molecule has 2 N–H and O–H groups in total. The molecule has 0 unspecified atom stereocenters. The van der Waals surface area contributed by atoms with Gasteiger partial charge in [-0.3, -0.25) is 25.2 Å². The van der Waals surface area contributed by atoms with Crippen molar-refractivity contribution in [2.75, 3.05) is 18.1 Å². The van der Waals surface area contributed by atoms with Gasteiger partial charge in [0.2, 0.25) is 5.91 Å². The molecule has 1 aliphatic rings. The van der Waals surface area contributed by atoms with Gasteiger partial charge in [0.25, 0.3) is 11.8 Å². The van der Waals surface area contributed by atoms with E-state index in [2.05, 4.69) is 10.9 Å². The van der Waals surface area contributed by atoms with E-state index in [1.165, 1.54) is 0 Å². The third kappa shape index (κ3) is 4.73. The second kappa shape index (κ2) is 8.81. The second-order valence-corrected chi connectivity index (χ2v) is 6.14. The van der Waals surface area contributed by atoms with Crippen molar-refractivity contribution in [3.05, 3.63) is 65.7 Å². The Morgan fingerprint density at radius 2 is 1.64 bits per heavy atom. The van der Waals surface area contributed by atoms with Crippen molar-refractivity contribution in [3.63, 3.8) is 0 Å². The molecule has 0 atom stereocenters. The van der Waals surface area contributed by atoms with Gasteiger partial charge in [-0.2, -0.15) is 0 Å². The lowest BCUT2D eigenvalue weighted by Gasteiger charge is -2.15. The normalized spacial score (nSPS) is 13.1. The number of carbonyl (C=O) groups is 4. The minimum atomic E-state index is -0.677. The van der Waals surface area contributed by atoms with Crippen molar-refractivity contribution < 1.29 is 23.9 Å². The highest BCUT2D eigenvalue weighted by Crippen LogP contribution is 2.21. The summed E-state index contributed by atoms with van der Waals surface area (Å²) in [4.78, 5) is 49.0. The van der Waals surface area contributed by atoms with E-state index >= 15 is 0 Å². The third-order valence-corrected chi connectivity index (χ3v) is 4.17. The van der Waals surface area contributed by atoms with E-state index in [1.807, 2.05) is 0 Å². The van der Waals surface area contributed by atoms with E-state index < -0.39 is 24.4 Å². The van der Waals surface area contributed by atoms with Gasteiger partial charge in [-0.15, -0.1) is 0 Å². The Morgan fingerprint density at radius 1 is 0.929 bits per heavy atom. The van der Waals surface area contributed by atoms with Crippen LogP contribution in [0.3, 0.4) is 0 Å². The Hall–Kier alpha value is -3.68. The second-order valence-electron chi connectivity index (χ2n) is 6.14. The van der Waals surface area contributed by atoms with Crippen LogP contribution in [0, 0.1) is 0 Å². The fourth-order valence-electron chi connectivity index (χ4n) is 2.74. The summed E-state index contributed by atoms with van der Waals surface area (Å²) in [6.45, 7) is 0.123. The standard InChI is InChI=1S/C20H19N3O5/c24-17(21-22-19(26)14-5-2-1-3-6-14)13-28-20(27)15-8-10-16(11-9-15)23-12-4-7-18(23)25/h1-3,5-6,8-11H,4,7,12-13H2,(H,21,24)(H,22,26). The number of esters is 1. The number of hydrazine groups is 1. The van der Waals surface area contributed by atoms with E-state index in [1.54, 1.807) is 59.5 Å². The zero-order valence-electron chi connectivity index (χ0n) is 15.0. The molecular weight excluding hydrogens is 362 g/mol. The van der Waals surface area contributed by atoms with Crippen molar-refractivity contribution in [2.24, 2.45) is 0 Å². The molecule has 8 heteroatoms. The number of carbonyl (C=O) groups excluding carboxylic acids is 4. The van der Waals surface area contributed by atoms with Crippen molar-refractivity contribution >= 4 is 29.4 Å². The minimum absolute atomic E-state index is 0.0598. The average molecular weight is 381 g/mol. The first kappa shape index (κ1) is 19.1. The van der Waals surface area contributed by atoms with Gasteiger partial charge in [0, 0.05) is 24.2 Å². The molecule has 8 nitrogen and oxygen atoms in total. The summed E-state index contributed by atoms with van der Waals surface area (Å²) in [6, 6.07) is 14.8. The van der Waals surface area contributed by atoms with Crippen LogP contribution in [0.4, 0.5) is 5.69 Å². The smallest absolute Gasteiger partial charge is 0.338 e. The Labute approximate surface area is 161 Å². The summed E-state index contributed by atoms with van der Waals surface area (Å²) >= 11 is 0. The van der Waals surface area contributed by atoms with E-state index in [9.17, 15) is 19.2 Å². The number of hydrogen-bond donors (Lipinski definition) is 2. The lowest BCUT2D eigenvalue weighted by Crippen LogP contribution is -2.43. The van der Waals surface area contributed by atoms with Crippen molar-refractivity contribution in [3.8, 4) is 0 Å². The number of ether oxygens (including phenoxy) is 1. The van der Waals surface area contributed by atoms with Crippen LogP contribution in [0.25, 0.3) is 0 Å². The summed E-state index contributed by atoms with van der Waals surface area (Å²) in [5, 5.41) is 0. The number of nitrogens with one attached hydrogen (secondary N) is 2. The topological polar surface area (TPSA) is 105 Å². The van der Waals surface area contributed by atoms with Crippen LogP contribution in [0.5, 0.6) is 0 Å². The van der Waals surface area contributed by atoms with Crippen molar-refractivity contribution in [1.82, 2.24) is 10.9 Å². The van der Waals surface area contributed by atoms with Crippen molar-refractivity contribution in [2.45, 2.75) is 12.8 Å². The van der Waals surface area contributed by atoms with Gasteiger partial charge in [0.1, 0.15) is 0 Å². The number of hydrogen-bond acceptors (Lipinski definition) is 5. The summed E-state index contributed by atoms with van der Waals surface area (Å²) in [7, 11) is 0. The Morgan fingerprint density at radius 3 is 2.29 bits per heavy atom. The molecule has 0 spiro atoms. The molecule has 144 valence electrons. The van der Waals surface area contributed by atoms with E-state index in [-0.39, 0.29) is 11.5 Å². The van der Waals surface area contributed by atoms with Crippen LogP contribution in [0.15, 0.2) is 54.6 Å². The first-order valence-corrected chi connectivity index (χ1v) is 8.76. The van der Waals surface area contributed by atoms with Gasteiger partial charge in [-0.05, 0) is 42.8 Å². The molecule has 3 amide bonds. The first-order valence-electron chi connectivity index (χ1n) is 8.76. The summed E-state index contributed by atoms with van der Waals surface area (Å²) in [6.07, 6.45) is 1.35. The lowest BCUT2D eigenvalue weighted by molar-refractivity contribution is -0.125. The molecule has 1 fully saturated rings. The van der Waals surface area contributed by atoms with Crippen molar-refractivity contribution in [1.29, 1.82) is 0 Å². The van der Waals surface area contributed by atoms with Gasteiger partial charge >= 0.3 is 5.97 Å². The molecule has 2 aromatic carbocycles. The molecule has 1 saturated heterocycles. The zero-order chi connectivity index (χ0) is 19.9. The maximum atomic E-state index is 12.0. The van der Waals surface area contributed by atoms with Gasteiger partial charge in [-0.1, -0.05) is 18.2 Å². The average Bonchev–Trinajstić information content (AvgIpc) is 3.16. The third-order valence-electron chi connectivity index (χ3n) is 4.17. The van der Waals surface area contributed by atoms with Gasteiger partial charge in [-0.25, -0.2) is 4.79 Å². The number of rotatable bonds is 5. The molecule has 0 saturated carbocycles. The van der Waals surface area contributed by atoms with Crippen LogP contribution in [-0.4, -0.2) is 36.8 Å². The number of anilines is 1. The fraction of sp³-hybridized carbons (Fsp3) is 0.200. The van der Waals surface area contributed by atoms with E-state index in [0.717, 1.165) is 12.1 Å². The summed E-state index contributed by atoms with van der Waals surface area (Å²) in [5.74, 6) is -1.77. The van der Waals surface area contributed by atoms with Crippen LogP contribution in [0.1, 0.15) is 33.6 Å². The molecule has 28 heavy (non-hydrogen) atoms. The quantitative estimate of drug-likeness (QED) is 0.602. The number of amides is 3. The Balaban J connectivity index is 1.45. The SMILES string of the molecule is O=C(COC(=O)c1ccc(N2CCCC2=O)cc1)NNC(=O)c1ccccc1. The fourth-order valence-corrected chi connectivity index (χ4v) is 2.74. The zero-order valence-corrected chi connectivity index (χ0v) is 15.0. The van der Waals surface area contributed by atoms with Gasteiger partial charge < -0.3 is 9.64 Å². The lowest BCUT2D eigenvalue weighted by atomic mass is 10.2. The maximum Gasteiger partial charge on any atom is 0.338 e. The highest BCUT2D eigenvalue weighted by atomic mass is 16.5. The number of nitrogens with zero attached hydrogens (tertiary/aromatic N) is 1. The predicted octanol–water partition coefficient (Wildman–Crippen LogP) is 1.43. The molecule has 3 rings (SSSR count). The predicted molar refractivity (Wildman–Crippen MR) is 100 cm³/mol.